The van der Waals surface area contributed by atoms with Crippen molar-refractivity contribution in [2.45, 2.75) is 19.4 Å². The normalized spacial score (nSPS) is 12.2. The van der Waals surface area contributed by atoms with Crippen molar-refractivity contribution in [2.24, 2.45) is 0 Å². The van der Waals surface area contributed by atoms with Crippen molar-refractivity contribution in [1.29, 1.82) is 0 Å². The predicted molar refractivity (Wildman–Crippen MR) is 73.2 cm³/mol. The minimum Gasteiger partial charge on any atom is -0.457 e. The van der Waals surface area contributed by atoms with Crippen LogP contribution >= 0.6 is 11.6 Å². The van der Waals surface area contributed by atoms with Gasteiger partial charge in [0.25, 0.3) is 0 Å². The van der Waals surface area contributed by atoms with Gasteiger partial charge in [0.2, 0.25) is 0 Å². The molecule has 2 nitrogen and oxygen atoms in total. The maximum atomic E-state index is 13.3. The van der Waals surface area contributed by atoms with Crippen LogP contribution in [0.4, 0.5) is 4.39 Å². The van der Waals surface area contributed by atoms with Crippen LogP contribution < -0.4 is 4.74 Å². The van der Waals surface area contributed by atoms with Crippen LogP contribution in [-0.2, 0) is 0 Å². The van der Waals surface area contributed by atoms with E-state index in [-0.39, 0.29) is 5.02 Å². The summed E-state index contributed by atoms with van der Waals surface area (Å²) in [7, 11) is 0. The molecule has 19 heavy (non-hydrogen) atoms. The first-order valence-corrected chi connectivity index (χ1v) is 6.39. The van der Waals surface area contributed by atoms with Crippen molar-refractivity contribution >= 4 is 11.6 Å². The number of hydrogen-bond acceptors (Lipinski definition) is 2. The Hall–Kier alpha value is -1.58. The molecular weight excluding hydrogens is 267 g/mol. The molecular formula is C15H14ClFO2. The molecule has 0 fully saturated rings. The van der Waals surface area contributed by atoms with Crippen LogP contribution in [0.1, 0.15) is 25.0 Å². The van der Waals surface area contributed by atoms with E-state index >= 15 is 0 Å². The Morgan fingerprint density at radius 2 is 2.00 bits per heavy atom. The summed E-state index contributed by atoms with van der Waals surface area (Å²) in [5, 5.41) is 9.96. The number of benzene rings is 2. The predicted octanol–water partition coefficient (Wildman–Crippen LogP) is 4.71. The Balaban J connectivity index is 2.30. The Labute approximate surface area is 116 Å². The van der Waals surface area contributed by atoms with E-state index in [1.165, 1.54) is 12.1 Å². The molecule has 0 aromatic heterocycles. The van der Waals surface area contributed by atoms with Gasteiger partial charge in [0.15, 0.2) is 0 Å². The first-order valence-electron chi connectivity index (χ1n) is 6.01. The van der Waals surface area contributed by atoms with E-state index in [0.29, 0.717) is 23.5 Å². The number of aliphatic hydroxyl groups excluding tert-OH is 1. The fourth-order valence-corrected chi connectivity index (χ4v) is 1.85. The second kappa shape index (κ2) is 6.04. The molecule has 2 aromatic carbocycles. The molecule has 1 N–H and O–H groups in total. The second-order valence-corrected chi connectivity index (χ2v) is 4.55. The third-order valence-electron chi connectivity index (χ3n) is 2.78. The molecule has 4 heteroatoms. The average molecular weight is 281 g/mol. The van der Waals surface area contributed by atoms with Gasteiger partial charge in [0.1, 0.15) is 17.3 Å². The van der Waals surface area contributed by atoms with Gasteiger partial charge in [-0.1, -0.05) is 36.7 Å². The first-order chi connectivity index (χ1) is 9.11. The van der Waals surface area contributed by atoms with E-state index in [2.05, 4.69) is 0 Å². The molecule has 2 aromatic rings. The Kier molecular flexibility index (Phi) is 4.40. The van der Waals surface area contributed by atoms with E-state index < -0.39 is 11.9 Å². The van der Waals surface area contributed by atoms with Crippen molar-refractivity contribution in [3.63, 3.8) is 0 Å². The van der Waals surface area contributed by atoms with Crippen molar-refractivity contribution in [1.82, 2.24) is 0 Å². The van der Waals surface area contributed by atoms with E-state index in [1.807, 2.05) is 13.0 Å². The van der Waals surface area contributed by atoms with Crippen LogP contribution in [-0.4, -0.2) is 5.11 Å². The highest BCUT2D eigenvalue weighted by Crippen LogP contribution is 2.32. The van der Waals surface area contributed by atoms with Crippen LogP contribution in [0.25, 0.3) is 0 Å². The molecule has 1 unspecified atom stereocenters. The summed E-state index contributed by atoms with van der Waals surface area (Å²) in [4.78, 5) is 0. The average Bonchev–Trinajstić information content (AvgIpc) is 2.43. The zero-order valence-electron chi connectivity index (χ0n) is 10.4. The van der Waals surface area contributed by atoms with Crippen LogP contribution in [0.2, 0.25) is 5.02 Å². The van der Waals surface area contributed by atoms with Crippen molar-refractivity contribution < 1.29 is 14.2 Å². The minimum absolute atomic E-state index is 0.0502. The smallest absolute Gasteiger partial charge is 0.145 e. The van der Waals surface area contributed by atoms with E-state index in [1.54, 1.807) is 24.3 Å². The van der Waals surface area contributed by atoms with E-state index in [4.69, 9.17) is 16.3 Å². The van der Waals surface area contributed by atoms with Crippen molar-refractivity contribution in [2.75, 3.05) is 0 Å². The van der Waals surface area contributed by atoms with Crippen LogP contribution in [0.3, 0.4) is 0 Å². The zero-order valence-corrected chi connectivity index (χ0v) is 11.2. The summed E-state index contributed by atoms with van der Waals surface area (Å²) in [6, 6.07) is 11.4. The summed E-state index contributed by atoms with van der Waals surface area (Å²) in [6.45, 7) is 1.88. The van der Waals surface area contributed by atoms with Crippen molar-refractivity contribution in [3.8, 4) is 11.5 Å². The number of aliphatic hydroxyl groups is 1. The Morgan fingerprint density at radius 3 is 2.68 bits per heavy atom. The Bertz CT molecular complexity index is 572. The standard InChI is InChI=1S/C15H14ClFO2/c1-2-14(18)11-5-3-4-6-15(11)19-10-7-8-12(16)13(17)9-10/h3-9,14,18H,2H2,1H3. The summed E-state index contributed by atoms with van der Waals surface area (Å²) in [5.41, 5.74) is 0.681. The molecule has 0 saturated heterocycles. The highest BCUT2D eigenvalue weighted by molar-refractivity contribution is 6.30. The maximum Gasteiger partial charge on any atom is 0.145 e. The summed E-state index contributed by atoms with van der Waals surface area (Å²) < 4.78 is 19.0. The van der Waals surface area contributed by atoms with Crippen LogP contribution in [0.5, 0.6) is 11.5 Å². The van der Waals surface area contributed by atoms with Gasteiger partial charge in [0.05, 0.1) is 11.1 Å². The lowest BCUT2D eigenvalue weighted by Crippen LogP contribution is -1.98. The third-order valence-corrected chi connectivity index (χ3v) is 3.09. The number of rotatable bonds is 4. The highest BCUT2D eigenvalue weighted by atomic mass is 35.5. The molecule has 1 atom stereocenters. The van der Waals surface area contributed by atoms with Crippen LogP contribution in [0.15, 0.2) is 42.5 Å². The van der Waals surface area contributed by atoms with Gasteiger partial charge in [-0.15, -0.1) is 0 Å². The quantitative estimate of drug-likeness (QED) is 0.878. The molecule has 0 amide bonds. The van der Waals surface area contributed by atoms with E-state index in [9.17, 15) is 9.50 Å². The lowest BCUT2D eigenvalue weighted by atomic mass is 10.1. The maximum absolute atomic E-state index is 13.3. The molecule has 2 rings (SSSR count). The van der Waals surface area contributed by atoms with Gasteiger partial charge >= 0.3 is 0 Å². The number of ether oxygens (including phenoxy) is 1. The molecule has 0 radical (unpaired) electrons. The molecule has 0 aliphatic rings. The largest absolute Gasteiger partial charge is 0.457 e. The van der Waals surface area contributed by atoms with E-state index in [0.717, 1.165) is 0 Å². The third kappa shape index (κ3) is 3.25. The lowest BCUT2D eigenvalue weighted by Gasteiger charge is -2.14. The minimum atomic E-state index is -0.603. The van der Waals surface area contributed by atoms with Gasteiger partial charge in [-0.25, -0.2) is 4.39 Å². The highest BCUT2D eigenvalue weighted by Gasteiger charge is 2.12. The lowest BCUT2D eigenvalue weighted by molar-refractivity contribution is 0.170. The second-order valence-electron chi connectivity index (χ2n) is 4.14. The zero-order chi connectivity index (χ0) is 13.8. The van der Waals surface area contributed by atoms with Crippen LogP contribution in [0, 0.1) is 5.82 Å². The fourth-order valence-electron chi connectivity index (χ4n) is 1.74. The fraction of sp³-hybridized carbons (Fsp3) is 0.200. The summed E-state index contributed by atoms with van der Waals surface area (Å²) >= 11 is 5.62. The number of halogens is 2. The molecule has 0 heterocycles. The topological polar surface area (TPSA) is 29.5 Å². The van der Waals surface area contributed by atoms with Gasteiger partial charge in [0, 0.05) is 11.6 Å². The number of hydrogen-bond donors (Lipinski definition) is 1. The SMILES string of the molecule is CCC(O)c1ccccc1Oc1ccc(Cl)c(F)c1. The molecule has 0 saturated carbocycles. The summed E-state index contributed by atoms with van der Waals surface area (Å²) in [5.74, 6) is 0.323. The first kappa shape index (κ1) is 13.8. The molecule has 0 aliphatic heterocycles. The van der Waals surface area contributed by atoms with Gasteiger partial charge in [-0.05, 0) is 24.6 Å². The molecule has 0 spiro atoms. The van der Waals surface area contributed by atoms with Gasteiger partial charge in [-0.3, -0.25) is 0 Å². The molecule has 0 bridgehead atoms. The van der Waals surface area contributed by atoms with Gasteiger partial charge in [-0.2, -0.15) is 0 Å². The van der Waals surface area contributed by atoms with Crippen molar-refractivity contribution in [3.05, 3.63) is 58.9 Å². The molecule has 0 aliphatic carbocycles. The number of para-hydroxylation sites is 1. The van der Waals surface area contributed by atoms with Gasteiger partial charge < -0.3 is 9.84 Å². The monoisotopic (exact) mass is 280 g/mol. The Morgan fingerprint density at radius 1 is 1.26 bits per heavy atom. The summed E-state index contributed by atoms with van der Waals surface area (Å²) in [6.07, 6.45) is -0.0247. The molecule has 100 valence electrons.